The van der Waals surface area contributed by atoms with Gasteiger partial charge >= 0.3 is 0 Å². The summed E-state index contributed by atoms with van der Waals surface area (Å²) in [6, 6.07) is 14.8. The molecule has 0 bridgehead atoms. The number of carbonyl (C=O) groups excluding carboxylic acids is 1. The average Bonchev–Trinajstić information content (AvgIpc) is 3.20. The minimum absolute atomic E-state index is 0.219. The molecule has 2 heterocycles. The largest absolute Gasteiger partial charge is 0.376 e. The van der Waals surface area contributed by atoms with E-state index in [0.29, 0.717) is 18.1 Å². The number of carbonyl (C=O) groups is 1. The topological polar surface area (TPSA) is 102 Å². The number of rotatable bonds is 6. The van der Waals surface area contributed by atoms with Crippen LogP contribution < -0.4 is 16.4 Å². The van der Waals surface area contributed by atoms with Gasteiger partial charge in [0.1, 0.15) is 5.82 Å². The molecule has 1 amide bonds. The van der Waals surface area contributed by atoms with Crippen molar-refractivity contribution in [1.82, 2.24) is 9.97 Å². The Labute approximate surface area is 157 Å². The minimum atomic E-state index is -0.455. The molecule has 0 spiro atoms. The van der Waals surface area contributed by atoms with Crippen LogP contribution in [0.3, 0.4) is 0 Å². The van der Waals surface area contributed by atoms with Crippen LogP contribution >= 0.6 is 0 Å². The molecule has 2 aromatic carbocycles. The highest BCUT2D eigenvalue weighted by molar-refractivity contribution is 5.93. The lowest BCUT2D eigenvalue weighted by atomic mass is 10.2. The monoisotopic (exact) mass is 363 g/mol. The second-order valence-electron chi connectivity index (χ2n) is 6.50. The van der Waals surface area contributed by atoms with Gasteiger partial charge in [0, 0.05) is 29.8 Å². The van der Waals surface area contributed by atoms with Gasteiger partial charge in [0.25, 0.3) is 0 Å². The number of hydrogen-bond acceptors (Lipinski definition) is 6. The van der Waals surface area contributed by atoms with Gasteiger partial charge in [-0.05, 0) is 49.2 Å². The molecule has 4 N–H and O–H groups in total. The van der Waals surface area contributed by atoms with Crippen LogP contribution in [0, 0.1) is 0 Å². The van der Waals surface area contributed by atoms with E-state index in [9.17, 15) is 4.79 Å². The molecule has 0 aliphatic carbocycles. The highest BCUT2D eigenvalue weighted by Crippen LogP contribution is 2.24. The summed E-state index contributed by atoms with van der Waals surface area (Å²) < 4.78 is 5.68. The molecule has 27 heavy (non-hydrogen) atoms. The number of ether oxygens (including phenoxy) is 1. The van der Waals surface area contributed by atoms with Crippen molar-refractivity contribution < 1.29 is 9.53 Å². The molecular weight excluding hydrogens is 342 g/mol. The summed E-state index contributed by atoms with van der Waals surface area (Å²) in [7, 11) is 0. The predicted molar refractivity (Wildman–Crippen MR) is 105 cm³/mol. The zero-order valence-corrected chi connectivity index (χ0v) is 14.8. The molecule has 4 rings (SSSR count). The van der Waals surface area contributed by atoms with Crippen molar-refractivity contribution in [3.8, 4) is 0 Å². The quantitative estimate of drug-likeness (QED) is 0.622. The van der Waals surface area contributed by atoms with E-state index in [1.165, 1.54) is 0 Å². The fraction of sp³-hybridized carbons (Fsp3) is 0.250. The van der Waals surface area contributed by atoms with Crippen molar-refractivity contribution in [2.45, 2.75) is 18.9 Å². The highest BCUT2D eigenvalue weighted by atomic mass is 16.5. The lowest BCUT2D eigenvalue weighted by Gasteiger charge is -2.14. The lowest BCUT2D eigenvalue weighted by Crippen LogP contribution is -2.19. The molecular formula is C20H21N5O2. The fourth-order valence-corrected chi connectivity index (χ4v) is 3.13. The molecule has 1 atom stereocenters. The number of amides is 1. The number of nitrogens with two attached hydrogens (primary N) is 1. The van der Waals surface area contributed by atoms with Crippen LogP contribution in [0.25, 0.3) is 10.9 Å². The normalized spacial score (nSPS) is 16.4. The first-order valence-corrected chi connectivity index (χ1v) is 8.98. The van der Waals surface area contributed by atoms with Gasteiger partial charge < -0.3 is 21.1 Å². The first-order chi connectivity index (χ1) is 13.2. The molecule has 1 aromatic heterocycles. The van der Waals surface area contributed by atoms with Crippen LogP contribution in [0.4, 0.5) is 17.5 Å². The van der Waals surface area contributed by atoms with Crippen molar-refractivity contribution in [3.63, 3.8) is 0 Å². The Bertz CT molecular complexity index is 952. The first-order valence-electron chi connectivity index (χ1n) is 8.98. The second-order valence-corrected chi connectivity index (χ2v) is 6.50. The van der Waals surface area contributed by atoms with E-state index in [0.717, 1.165) is 41.9 Å². The SMILES string of the molecule is NC(=O)c1ccc(Nc2nc(NCC3CCCO3)c3ccccc3n2)cc1. The fourth-order valence-electron chi connectivity index (χ4n) is 3.13. The average molecular weight is 363 g/mol. The summed E-state index contributed by atoms with van der Waals surface area (Å²) in [5.74, 6) is 0.798. The Morgan fingerprint density at radius 2 is 1.96 bits per heavy atom. The zero-order valence-electron chi connectivity index (χ0n) is 14.8. The van der Waals surface area contributed by atoms with Gasteiger partial charge in [-0.3, -0.25) is 4.79 Å². The number of nitrogens with zero attached hydrogens (tertiary/aromatic N) is 2. The van der Waals surface area contributed by atoms with E-state index < -0.39 is 5.91 Å². The molecule has 0 radical (unpaired) electrons. The number of primary amides is 1. The van der Waals surface area contributed by atoms with Crippen molar-refractivity contribution in [3.05, 3.63) is 54.1 Å². The number of aromatic nitrogens is 2. The van der Waals surface area contributed by atoms with Crippen LogP contribution in [0.1, 0.15) is 23.2 Å². The Kier molecular flexibility index (Phi) is 4.84. The van der Waals surface area contributed by atoms with Crippen LogP contribution in [-0.4, -0.2) is 35.1 Å². The summed E-state index contributed by atoms with van der Waals surface area (Å²) >= 11 is 0. The number of fused-ring (bicyclic) bond motifs is 1. The summed E-state index contributed by atoms with van der Waals surface area (Å²) in [5.41, 5.74) is 7.36. The molecule has 7 heteroatoms. The van der Waals surface area contributed by atoms with Gasteiger partial charge in [0.05, 0.1) is 11.6 Å². The number of nitrogens with one attached hydrogen (secondary N) is 2. The van der Waals surface area contributed by atoms with E-state index in [1.807, 2.05) is 24.3 Å². The molecule has 1 fully saturated rings. The number of benzene rings is 2. The molecule has 7 nitrogen and oxygen atoms in total. The maximum Gasteiger partial charge on any atom is 0.248 e. The highest BCUT2D eigenvalue weighted by Gasteiger charge is 2.16. The predicted octanol–water partition coefficient (Wildman–Crippen LogP) is 3.06. The minimum Gasteiger partial charge on any atom is -0.376 e. The number of hydrogen-bond donors (Lipinski definition) is 3. The van der Waals surface area contributed by atoms with Gasteiger partial charge in [0.15, 0.2) is 0 Å². The summed E-state index contributed by atoms with van der Waals surface area (Å²) in [5, 5.41) is 7.55. The standard InChI is InChI=1S/C20H21N5O2/c21-18(26)13-7-9-14(10-8-13)23-20-24-17-6-2-1-5-16(17)19(25-20)22-12-15-4-3-11-27-15/h1-2,5-10,15H,3-4,11-12H2,(H2,21,26)(H2,22,23,24,25). The van der Waals surface area contributed by atoms with E-state index >= 15 is 0 Å². The van der Waals surface area contributed by atoms with E-state index in [1.54, 1.807) is 24.3 Å². The Hall–Kier alpha value is -3.19. The van der Waals surface area contributed by atoms with E-state index in [2.05, 4.69) is 20.6 Å². The zero-order chi connectivity index (χ0) is 18.6. The van der Waals surface area contributed by atoms with Crippen LogP contribution in [0.5, 0.6) is 0 Å². The van der Waals surface area contributed by atoms with E-state index in [4.69, 9.17) is 10.5 Å². The van der Waals surface area contributed by atoms with Crippen LogP contribution in [0.2, 0.25) is 0 Å². The summed E-state index contributed by atoms with van der Waals surface area (Å²) in [6.07, 6.45) is 2.38. The third-order valence-electron chi connectivity index (χ3n) is 4.55. The van der Waals surface area contributed by atoms with Crippen LogP contribution in [0.15, 0.2) is 48.5 Å². The Morgan fingerprint density at radius 1 is 1.15 bits per heavy atom. The molecule has 3 aromatic rings. The number of anilines is 3. The molecule has 1 aliphatic heterocycles. The third kappa shape index (κ3) is 3.98. The third-order valence-corrected chi connectivity index (χ3v) is 4.55. The summed E-state index contributed by atoms with van der Waals surface area (Å²) in [4.78, 5) is 20.4. The molecule has 0 saturated carbocycles. The van der Waals surface area contributed by atoms with Crippen LogP contribution in [-0.2, 0) is 4.74 Å². The van der Waals surface area contributed by atoms with Gasteiger partial charge in [-0.2, -0.15) is 4.98 Å². The maximum absolute atomic E-state index is 11.2. The van der Waals surface area contributed by atoms with Crippen molar-refractivity contribution in [1.29, 1.82) is 0 Å². The second kappa shape index (κ2) is 7.59. The van der Waals surface area contributed by atoms with E-state index in [-0.39, 0.29) is 6.10 Å². The lowest BCUT2D eigenvalue weighted by molar-refractivity contribution is 0.100. The molecule has 1 unspecified atom stereocenters. The van der Waals surface area contributed by atoms with Gasteiger partial charge in [-0.15, -0.1) is 0 Å². The molecule has 1 aliphatic rings. The summed E-state index contributed by atoms with van der Waals surface area (Å²) in [6.45, 7) is 1.54. The molecule has 138 valence electrons. The molecule has 1 saturated heterocycles. The maximum atomic E-state index is 11.2. The Balaban J connectivity index is 1.59. The van der Waals surface area contributed by atoms with Crippen molar-refractivity contribution >= 4 is 34.3 Å². The number of para-hydroxylation sites is 1. The van der Waals surface area contributed by atoms with Crippen molar-refractivity contribution in [2.75, 3.05) is 23.8 Å². The Morgan fingerprint density at radius 3 is 2.70 bits per heavy atom. The van der Waals surface area contributed by atoms with Crippen molar-refractivity contribution in [2.24, 2.45) is 5.73 Å². The first kappa shape index (κ1) is 17.2. The van der Waals surface area contributed by atoms with Gasteiger partial charge in [-0.25, -0.2) is 4.98 Å². The van der Waals surface area contributed by atoms with Gasteiger partial charge in [0.2, 0.25) is 11.9 Å². The smallest absolute Gasteiger partial charge is 0.248 e. The van der Waals surface area contributed by atoms with Gasteiger partial charge in [-0.1, -0.05) is 12.1 Å².